The number of rotatable bonds is 9. The van der Waals surface area contributed by atoms with E-state index in [4.69, 9.17) is 9.47 Å². The van der Waals surface area contributed by atoms with Crippen molar-refractivity contribution < 1.29 is 29.0 Å². The molecule has 2 rings (SSSR count). The van der Waals surface area contributed by atoms with Gasteiger partial charge >= 0.3 is 12.1 Å². The first-order valence-corrected chi connectivity index (χ1v) is 11.8. The van der Waals surface area contributed by atoms with Crippen LogP contribution in [-0.4, -0.2) is 60.3 Å². The van der Waals surface area contributed by atoms with E-state index in [0.717, 1.165) is 37.9 Å². The highest BCUT2D eigenvalue weighted by Crippen LogP contribution is 2.37. The minimum atomic E-state index is -1.10. The van der Waals surface area contributed by atoms with Gasteiger partial charge in [-0.2, -0.15) is 0 Å². The van der Waals surface area contributed by atoms with E-state index in [2.05, 4.69) is 30.3 Å². The molecule has 0 aromatic heterocycles. The fourth-order valence-electron chi connectivity index (χ4n) is 4.47. The van der Waals surface area contributed by atoms with E-state index in [1.165, 1.54) is 6.42 Å². The van der Waals surface area contributed by atoms with E-state index in [-0.39, 0.29) is 17.8 Å². The molecule has 2 N–H and O–H groups in total. The molecular weight excluding hydrogens is 424 g/mol. The SMILES string of the molecule is CCC1(c2cccc(OC(=O)O[C@H](C)CC(=O)NC(C(=O)O)C(C)C)c2)CCCCN(C)C1. The molecular formula is C25H38N2O6. The van der Waals surface area contributed by atoms with Crippen LogP contribution in [0.1, 0.15) is 65.4 Å². The molecule has 1 saturated heterocycles. The molecule has 0 saturated carbocycles. The van der Waals surface area contributed by atoms with Gasteiger partial charge in [-0.05, 0) is 63.4 Å². The number of carboxylic acids is 1. The fraction of sp³-hybridized carbons (Fsp3) is 0.640. The lowest BCUT2D eigenvalue weighted by molar-refractivity contribution is -0.143. The zero-order chi connectivity index (χ0) is 24.6. The van der Waals surface area contributed by atoms with Crippen molar-refractivity contribution in [3.63, 3.8) is 0 Å². The lowest BCUT2D eigenvalue weighted by atomic mass is 9.74. The standard InChI is InChI=1S/C25H38N2O6/c1-6-25(12-7-8-13-27(5)16-25)19-10-9-11-20(15-19)33-24(31)32-18(4)14-21(28)26-22(17(2)3)23(29)30/h9-11,15,17-18,22H,6-8,12-14,16H2,1-5H3,(H,26,28)(H,29,30)/t18-,22?,25?/m1/s1. The van der Waals surface area contributed by atoms with E-state index in [0.29, 0.717) is 5.75 Å². The van der Waals surface area contributed by atoms with Gasteiger partial charge in [0, 0.05) is 12.0 Å². The Morgan fingerprint density at radius 2 is 1.94 bits per heavy atom. The second kappa shape index (κ2) is 12.0. The summed E-state index contributed by atoms with van der Waals surface area (Å²) in [5, 5.41) is 11.7. The number of benzene rings is 1. The first-order valence-electron chi connectivity index (χ1n) is 11.8. The monoisotopic (exact) mass is 462 g/mol. The number of ether oxygens (including phenoxy) is 2. The summed E-state index contributed by atoms with van der Waals surface area (Å²) >= 11 is 0. The Morgan fingerprint density at radius 1 is 1.21 bits per heavy atom. The molecule has 184 valence electrons. The highest BCUT2D eigenvalue weighted by Gasteiger charge is 2.33. The molecule has 8 nitrogen and oxygen atoms in total. The van der Waals surface area contributed by atoms with Crippen LogP contribution in [0.3, 0.4) is 0 Å². The van der Waals surface area contributed by atoms with Gasteiger partial charge in [0.25, 0.3) is 0 Å². The van der Waals surface area contributed by atoms with Gasteiger partial charge in [0.05, 0.1) is 6.42 Å². The molecule has 3 atom stereocenters. The highest BCUT2D eigenvalue weighted by molar-refractivity contribution is 5.84. The third kappa shape index (κ3) is 7.74. The molecule has 1 aliphatic rings. The maximum atomic E-state index is 12.3. The summed E-state index contributed by atoms with van der Waals surface area (Å²) in [6.07, 6.45) is 2.60. The zero-order valence-corrected chi connectivity index (χ0v) is 20.4. The van der Waals surface area contributed by atoms with E-state index >= 15 is 0 Å². The van der Waals surface area contributed by atoms with E-state index in [9.17, 15) is 19.5 Å². The van der Waals surface area contributed by atoms with E-state index in [1.54, 1.807) is 26.8 Å². The van der Waals surface area contributed by atoms with Crippen molar-refractivity contribution in [1.29, 1.82) is 0 Å². The van der Waals surface area contributed by atoms with Gasteiger partial charge in [-0.15, -0.1) is 0 Å². The Labute approximate surface area is 196 Å². The molecule has 0 aliphatic carbocycles. The molecule has 1 aromatic carbocycles. The first kappa shape index (κ1) is 26.6. The quantitative estimate of drug-likeness (QED) is 0.423. The second-order valence-electron chi connectivity index (χ2n) is 9.47. The highest BCUT2D eigenvalue weighted by atomic mass is 16.7. The van der Waals surface area contributed by atoms with Crippen LogP contribution < -0.4 is 10.1 Å². The molecule has 2 unspecified atom stereocenters. The van der Waals surface area contributed by atoms with Crippen LogP contribution in [0, 0.1) is 5.92 Å². The van der Waals surface area contributed by atoms with E-state index in [1.807, 2.05) is 12.1 Å². The maximum Gasteiger partial charge on any atom is 0.514 e. The van der Waals surface area contributed by atoms with Crippen molar-refractivity contribution in [3.8, 4) is 5.75 Å². The third-order valence-corrected chi connectivity index (χ3v) is 6.36. The molecule has 0 bridgehead atoms. The van der Waals surface area contributed by atoms with Crippen LogP contribution >= 0.6 is 0 Å². The van der Waals surface area contributed by atoms with Crippen molar-refractivity contribution in [1.82, 2.24) is 10.2 Å². The maximum absolute atomic E-state index is 12.3. The summed E-state index contributed by atoms with van der Waals surface area (Å²) in [6.45, 7) is 9.22. The van der Waals surface area contributed by atoms with Crippen LogP contribution in [-0.2, 0) is 19.7 Å². The fourth-order valence-corrected chi connectivity index (χ4v) is 4.47. The van der Waals surface area contributed by atoms with Crippen LogP contribution in [0.2, 0.25) is 0 Å². The largest absolute Gasteiger partial charge is 0.514 e. The Kier molecular flexibility index (Phi) is 9.70. The predicted molar refractivity (Wildman–Crippen MR) is 125 cm³/mol. The Balaban J connectivity index is 1.97. The summed E-state index contributed by atoms with van der Waals surface area (Å²) in [4.78, 5) is 38.1. The number of nitrogens with zero attached hydrogens (tertiary/aromatic N) is 1. The zero-order valence-electron chi connectivity index (χ0n) is 20.4. The van der Waals surface area contributed by atoms with Gasteiger partial charge in [-0.3, -0.25) is 4.79 Å². The van der Waals surface area contributed by atoms with Crippen molar-refractivity contribution in [3.05, 3.63) is 29.8 Å². The second-order valence-corrected chi connectivity index (χ2v) is 9.47. The average molecular weight is 463 g/mol. The number of nitrogens with one attached hydrogen (secondary N) is 1. The van der Waals surface area contributed by atoms with Gasteiger partial charge in [-0.25, -0.2) is 9.59 Å². The van der Waals surface area contributed by atoms with Crippen LogP contribution in [0.5, 0.6) is 5.75 Å². The van der Waals surface area contributed by atoms with Crippen molar-refractivity contribution in [2.24, 2.45) is 5.92 Å². The Hall–Kier alpha value is -2.61. The smallest absolute Gasteiger partial charge is 0.480 e. The van der Waals surface area contributed by atoms with Crippen molar-refractivity contribution in [2.45, 2.75) is 77.4 Å². The van der Waals surface area contributed by atoms with Crippen LogP contribution in [0.25, 0.3) is 0 Å². The molecule has 33 heavy (non-hydrogen) atoms. The average Bonchev–Trinajstić information content (AvgIpc) is 2.93. The van der Waals surface area contributed by atoms with Crippen molar-refractivity contribution in [2.75, 3.05) is 20.1 Å². The number of carboxylic acid groups (broad SMARTS) is 1. The van der Waals surface area contributed by atoms with Crippen LogP contribution in [0.15, 0.2) is 24.3 Å². The molecule has 1 amide bonds. The summed E-state index contributed by atoms with van der Waals surface area (Å²) in [6, 6.07) is 6.59. The minimum Gasteiger partial charge on any atom is -0.480 e. The predicted octanol–water partition coefficient (Wildman–Crippen LogP) is 3.97. The molecule has 8 heteroatoms. The van der Waals surface area contributed by atoms with Gasteiger partial charge < -0.3 is 24.8 Å². The number of likely N-dealkylation sites (N-methyl/N-ethyl adjacent to an activating group) is 1. The number of likely N-dealkylation sites (tertiary alicyclic amines) is 1. The normalized spacial score (nSPS) is 21.0. The summed E-state index contributed by atoms with van der Waals surface area (Å²) in [7, 11) is 2.14. The van der Waals surface area contributed by atoms with Gasteiger partial charge in [0.2, 0.25) is 5.91 Å². The molecule has 1 aliphatic heterocycles. The number of hydrogen-bond donors (Lipinski definition) is 2. The summed E-state index contributed by atoms with van der Waals surface area (Å²) < 4.78 is 10.6. The number of aliphatic carboxylic acids is 1. The molecule has 0 spiro atoms. The molecule has 0 radical (unpaired) electrons. The third-order valence-electron chi connectivity index (χ3n) is 6.36. The number of carbonyl (C=O) groups excluding carboxylic acids is 2. The topological polar surface area (TPSA) is 105 Å². The summed E-state index contributed by atoms with van der Waals surface area (Å²) in [5.41, 5.74) is 1.15. The molecule has 1 heterocycles. The minimum absolute atomic E-state index is 0.0109. The van der Waals surface area contributed by atoms with E-state index < -0.39 is 30.2 Å². The lowest BCUT2D eigenvalue weighted by Crippen LogP contribution is -2.45. The van der Waals surface area contributed by atoms with Crippen LogP contribution in [0.4, 0.5) is 4.79 Å². The van der Waals surface area contributed by atoms with Crippen molar-refractivity contribution >= 4 is 18.0 Å². The Morgan fingerprint density at radius 3 is 2.58 bits per heavy atom. The number of amides is 1. The number of carbonyl (C=O) groups is 3. The molecule has 1 fully saturated rings. The lowest BCUT2D eigenvalue weighted by Gasteiger charge is -2.35. The molecule has 1 aromatic rings. The van der Waals surface area contributed by atoms with Gasteiger partial charge in [0.1, 0.15) is 17.9 Å². The Bertz CT molecular complexity index is 827. The summed E-state index contributed by atoms with van der Waals surface area (Å²) in [5.74, 6) is -1.46. The van der Waals surface area contributed by atoms with Gasteiger partial charge in [-0.1, -0.05) is 39.3 Å². The first-order chi connectivity index (χ1) is 15.6. The van der Waals surface area contributed by atoms with Gasteiger partial charge in [0.15, 0.2) is 0 Å². The number of hydrogen-bond acceptors (Lipinski definition) is 6.